The lowest BCUT2D eigenvalue weighted by atomic mass is 10.3. The van der Waals surface area contributed by atoms with Crippen molar-refractivity contribution >= 4 is 17.5 Å². The molecule has 2 aromatic heterocycles. The van der Waals surface area contributed by atoms with Gasteiger partial charge in [0.2, 0.25) is 0 Å². The molecule has 0 fully saturated rings. The van der Waals surface area contributed by atoms with Crippen molar-refractivity contribution in [1.82, 2.24) is 20.3 Å². The minimum Gasteiger partial charge on any atom is -0.347 e. The molecule has 17 heavy (non-hydrogen) atoms. The highest BCUT2D eigenvalue weighted by Crippen LogP contribution is 2.05. The minimum absolute atomic E-state index is 0.248. The van der Waals surface area contributed by atoms with Crippen LogP contribution in [0.3, 0.4) is 0 Å². The lowest BCUT2D eigenvalue weighted by Crippen LogP contribution is -2.23. The van der Waals surface area contributed by atoms with Crippen molar-refractivity contribution in [1.29, 1.82) is 0 Å². The number of amides is 1. The molecule has 0 bridgehead atoms. The summed E-state index contributed by atoms with van der Waals surface area (Å²) in [5.41, 5.74) is 1.21. The van der Waals surface area contributed by atoms with Gasteiger partial charge in [0.25, 0.3) is 5.91 Å². The van der Waals surface area contributed by atoms with Crippen LogP contribution >= 0.6 is 11.6 Å². The van der Waals surface area contributed by atoms with E-state index in [4.69, 9.17) is 11.6 Å². The molecule has 0 aliphatic heterocycles. The van der Waals surface area contributed by atoms with Crippen molar-refractivity contribution in [2.45, 2.75) is 6.54 Å². The van der Waals surface area contributed by atoms with Crippen LogP contribution < -0.4 is 5.32 Å². The van der Waals surface area contributed by atoms with Crippen molar-refractivity contribution in [2.24, 2.45) is 0 Å². The maximum atomic E-state index is 11.6. The monoisotopic (exact) mass is 248 g/mol. The van der Waals surface area contributed by atoms with Crippen LogP contribution in [0.4, 0.5) is 0 Å². The van der Waals surface area contributed by atoms with Gasteiger partial charge in [-0.15, -0.1) is 0 Å². The summed E-state index contributed by atoms with van der Waals surface area (Å²) >= 11 is 5.65. The zero-order chi connectivity index (χ0) is 12.1. The fraction of sp³-hybridized carbons (Fsp3) is 0.0909. The first kappa shape index (κ1) is 11.5. The summed E-state index contributed by atoms with van der Waals surface area (Å²) in [6, 6.07) is 5.03. The Morgan fingerprint density at radius 3 is 2.82 bits per heavy atom. The van der Waals surface area contributed by atoms with E-state index in [1.54, 1.807) is 24.4 Å². The Balaban J connectivity index is 1.95. The molecule has 0 aliphatic carbocycles. The number of nitrogens with zero attached hydrogens (tertiary/aromatic N) is 3. The molecule has 1 amide bonds. The molecule has 86 valence electrons. The van der Waals surface area contributed by atoms with Crippen LogP contribution in [0.5, 0.6) is 0 Å². The maximum Gasteiger partial charge on any atom is 0.270 e. The molecule has 0 aliphatic rings. The van der Waals surface area contributed by atoms with Gasteiger partial charge in [-0.25, -0.2) is 15.0 Å². The van der Waals surface area contributed by atoms with Crippen molar-refractivity contribution in [3.63, 3.8) is 0 Å². The topological polar surface area (TPSA) is 67.8 Å². The summed E-state index contributed by atoms with van der Waals surface area (Å²) < 4.78 is 0. The second-order valence-electron chi connectivity index (χ2n) is 3.27. The quantitative estimate of drug-likeness (QED) is 0.835. The third-order valence-corrected chi connectivity index (χ3v) is 2.28. The zero-order valence-electron chi connectivity index (χ0n) is 8.80. The average Bonchev–Trinajstić information content (AvgIpc) is 2.39. The number of pyridine rings is 1. The number of hydrogen-bond acceptors (Lipinski definition) is 4. The third-order valence-electron chi connectivity index (χ3n) is 2.06. The molecule has 0 aromatic carbocycles. The van der Waals surface area contributed by atoms with Crippen LogP contribution in [0.15, 0.2) is 36.9 Å². The Bertz CT molecular complexity index is 501. The molecule has 0 saturated carbocycles. The first-order valence-corrected chi connectivity index (χ1v) is 5.28. The van der Waals surface area contributed by atoms with Crippen LogP contribution in [0.1, 0.15) is 16.1 Å². The molecular weight excluding hydrogens is 240 g/mol. The number of hydrogen-bond donors (Lipinski definition) is 1. The Morgan fingerprint density at radius 1 is 1.29 bits per heavy atom. The first-order valence-electron chi connectivity index (χ1n) is 4.90. The SMILES string of the molecule is O=C(NCc1ccc(Cl)nc1)c1ccncn1. The minimum atomic E-state index is -0.248. The molecule has 0 radical (unpaired) electrons. The highest BCUT2D eigenvalue weighted by atomic mass is 35.5. The maximum absolute atomic E-state index is 11.6. The van der Waals surface area contributed by atoms with E-state index >= 15 is 0 Å². The summed E-state index contributed by atoms with van der Waals surface area (Å²) in [5.74, 6) is -0.248. The van der Waals surface area contributed by atoms with Gasteiger partial charge >= 0.3 is 0 Å². The molecule has 6 heteroatoms. The van der Waals surface area contributed by atoms with Gasteiger partial charge in [-0.1, -0.05) is 17.7 Å². The summed E-state index contributed by atoms with van der Waals surface area (Å²) in [7, 11) is 0. The fourth-order valence-corrected chi connectivity index (χ4v) is 1.32. The highest BCUT2D eigenvalue weighted by Gasteiger charge is 2.05. The van der Waals surface area contributed by atoms with Gasteiger partial charge in [-0.3, -0.25) is 4.79 Å². The molecule has 1 N–H and O–H groups in total. The standard InChI is InChI=1S/C11H9ClN4O/c12-10-2-1-8(5-14-10)6-15-11(17)9-3-4-13-7-16-9/h1-5,7H,6H2,(H,15,17). The second kappa shape index (κ2) is 5.36. The smallest absolute Gasteiger partial charge is 0.270 e. The predicted molar refractivity (Wildman–Crippen MR) is 62.4 cm³/mol. The van der Waals surface area contributed by atoms with Crippen LogP contribution in [0.25, 0.3) is 0 Å². The van der Waals surface area contributed by atoms with Gasteiger partial charge in [-0.2, -0.15) is 0 Å². The Labute approximate surface area is 103 Å². The third kappa shape index (κ3) is 3.22. The molecule has 2 rings (SSSR count). The van der Waals surface area contributed by atoms with E-state index in [1.807, 2.05) is 0 Å². The normalized spacial score (nSPS) is 9.94. The number of aromatic nitrogens is 3. The number of carbonyl (C=O) groups excluding carboxylic acids is 1. The van der Waals surface area contributed by atoms with E-state index in [9.17, 15) is 4.79 Å². The summed E-state index contributed by atoms with van der Waals surface area (Å²) in [5, 5.41) is 3.15. The molecule has 0 unspecified atom stereocenters. The molecule has 0 spiro atoms. The summed E-state index contributed by atoms with van der Waals surface area (Å²) in [4.78, 5) is 23.1. The Morgan fingerprint density at radius 2 is 2.18 bits per heavy atom. The largest absolute Gasteiger partial charge is 0.347 e. The molecule has 0 saturated heterocycles. The molecule has 2 aromatic rings. The molecule has 2 heterocycles. The lowest BCUT2D eigenvalue weighted by Gasteiger charge is -2.04. The van der Waals surface area contributed by atoms with E-state index in [2.05, 4.69) is 20.3 Å². The first-order chi connectivity index (χ1) is 8.25. The molecular formula is C11H9ClN4O. The highest BCUT2D eigenvalue weighted by molar-refractivity contribution is 6.29. The molecule has 5 nitrogen and oxygen atoms in total. The van der Waals surface area contributed by atoms with Crippen LogP contribution in [0, 0.1) is 0 Å². The van der Waals surface area contributed by atoms with Gasteiger partial charge in [0, 0.05) is 18.9 Å². The predicted octanol–water partition coefficient (Wildman–Crippen LogP) is 1.45. The van der Waals surface area contributed by atoms with Gasteiger partial charge < -0.3 is 5.32 Å². The van der Waals surface area contributed by atoms with Crippen LogP contribution in [0.2, 0.25) is 5.15 Å². The van der Waals surface area contributed by atoms with Crippen molar-refractivity contribution in [3.05, 3.63) is 53.3 Å². The average molecular weight is 249 g/mol. The molecule has 0 atom stereocenters. The van der Waals surface area contributed by atoms with E-state index in [0.717, 1.165) is 5.56 Å². The van der Waals surface area contributed by atoms with Crippen LogP contribution in [-0.4, -0.2) is 20.9 Å². The van der Waals surface area contributed by atoms with Gasteiger partial charge in [-0.05, 0) is 17.7 Å². The van der Waals surface area contributed by atoms with E-state index in [0.29, 0.717) is 17.4 Å². The number of rotatable bonds is 3. The van der Waals surface area contributed by atoms with Gasteiger partial charge in [0.1, 0.15) is 17.2 Å². The lowest BCUT2D eigenvalue weighted by molar-refractivity contribution is 0.0945. The van der Waals surface area contributed by atoms with Crippen LogP contribution in [-0.2, 0) is 6.54 Å². The number of halogens is 1. The van der Waals surface area contributed by atoms with E-state index < -0.39 is 0 Å². The van der Waals surface area contributed by atoms with Gasteiger partial charge in [0.15, 0.2) is 0 Å². The van der Waals surface area contributed by atoms with E-state index in [-0.39, 0.29) is 5.91 Å². The van der Waals surface area contributed by atoms with E-state index in [1.165, 1.54) is 12.5 Å². The van der Waals surface area contributed by atoms with Crippen molar-refractivity contribution < 1.29 is 4.79 Å². The van der Waals surface area contributed by atoms with Gasteiger partial charge in [0.05, 0.1) is 0 Å². The Kier molecular flexibility index (Phi) is 3.62. The zero-order valence-corrected chi connectivity index (χ0v) is 9.55. The number of nitrogens with one attached hydrogen (secondary N) is 1. The van der Waals surface area contributed by atoms with Crippen molar-refractivity contribution in [2.75, 3.05) is 0 Å². The summed E-state index contributed by atoms with van der Waals surface area (Å²) in [6.07, 6.45) is 4.47. The number of carbonyl (C=O) groups is 1. The fourth-order valence-electron chi connectivity index (χ4n) is 1.21. The van der Waals surface area contributed by atoms with Crippen molar-refractivity contribution in [3.8, 4) is 0 Å². The second-order valence-corrected chi connectivity index (χ2v) is 3.65. The Hall–Kier alpha value is -2.01. The summed E-state index contributed by atoms with van der Waals surface area (Å²) in [6.45, 7) is 0.382.